The molecule has 2 aromatic rings. The number of urea groups is 1. The van der Waals surface area contributed by atoms with E-state index in [-0.39, 0.29) is 6.03 Å². The number of carbonyl (C=O) groups excluding carboxylic acids is 1. The number of hydrogen-bond donors (Lipinski definition) is 2. The van der Waals surface area contributed by atoms with Crippen molar-refractivity contribution in [3.05, 3.63) is 47.2 Å². The Morgan fingerprint density at radius 2 is 2.04 bits per heavy atom. The summed E-state index contributed by atoms with van der Waals surface area (Å²) in [4.78, 5) is 14.2. The van der Waals surface area contributed by atoms with E-state index in [2.05, 4.69) is 17.4 Å². The Morgan fingerprint density at radius 3 is 2.71 bits per heavy atom. The van der Waals surface area contributed by atoms with Crippen LogP contribution in [0, 0.1) is 0 Å². The van der Waals surface area contributed by atoms with E-state index in [1.807, 2.05) is 35.2 Å². The zero-order valence-electron chi connectivity index (χ0n) is 14.0. The lowest BCUT2D eigenvalue weighted by Gasteiger charge is -2.31. The van der Waals surface area contributed by atoms with Gasteiger partial charge in [0.05, 0.1) is 5.69 Å². The van der Waals surface area contributed by atoms with Crippen LogP contribution in [0.25, 0.3) is 0 Å². The molecule has 0 saturated carbocycles. The van der Waals surface area contributed by atoms with Gasteiger partial charge in [-0.15, -0.1) is 0 Å². The van der Waals surface area contributed by atoms with E-state index < -0.39 is 0 Å². The highest BCUT2D eigenvalue weighted by atomic mass is 16.5. The van der Waals surface area contributed by atoms with Gasteiger partial charge in [0.15, 0.2) is 0 Å². The molecule has 1 saturated heterocycles. The summed E-state index contributed by atoms with van der Waals surface area (Å²) in [5.74, 6) is 0.745. The minimum absolute atomic E-state index is 0.00677. The number of hydrogen-bond acceptors (Lipinski definition) is 4. The molecule has 2 amide bonds. The molecule has 3 rings (SSSR count). The van der Waals surface area contributed by atoms with Crippen molar-refractivity contribution in [1.29, 1.82) is 0 Å². The molecule has 6 nitrogen and oxygen atoms in total. The second kappa shape index (κ2) is 7.38. The van der Waals surface area contributed by atoms with E-state index >= 15 is 0 Å². The van der Waals surface area contributed by atoms with E-state index in [1.165, 1.54) is 0 Å². The molecular weight excluding hydrogens is 304 g/mol. The number of nitrogen functional groups attached to an aromatic ring is 1. The number of carbonyl (C=O) groups is 1. The van der Waals surface area contributed by atoms with Gasteiger partial charge in [0, 0.05) is 31.1 Å². The van der Waals surface area contributed by atoms with Crippen LogP contribution in [0.4, 0.5) is 10.7 Å². The molecule has 1 aromatic carbocycles. The average molecular weight is 328 g/mol. The molecule has 1 aliphatic heterocycles. The maximum absolute atomic E-state index is 12.3. The molecule has 1 fully saturated rings. The molecule has 128 valence electrons. The van der Waals surface area contributed by atoms with Crippen molar-refractivity contribution in [2.24, 2.45) is 0 Å². The first-order chi connectivity index (χ1) is 11.7. The number of nitrogens with two attached hydrogens (primary N) is 1. The quantitative estimate of drug-likeness (QED) is 0.904. The molecule has 24 heavy (non-hydrogen) atoms. The van der Waals surface area contributed by atoms with Gasteiger partial charge < -0.3 is 20.5 Å². The molecule has 1 aromatic heterocycles. The van der Waals surface area contributed by atoms with Crippen molar-refractivity contribution in [3.8, 4) is 0 Å². The lowest BCUT2D eigenvalue weighted by molar-refractivity contribution is 0.180. The Labute approximate surface area is 142 Å². The molecule has 0 aliphatic carbocycles. The zero-order chi connectivity index (χ0) is 16.9. The van der Waals surface area contributed by atoms with Gasteiger partial charge >= 0.3 is 6.03 Å². The van der Waals surface area contributed by atoms with Gasteiger partial charge in [0.25, 0.3) is 0 Å². The first-order valence-corrected chi connectivity index (χ1v) is 8.49. The Kier molecular flexibility index (Phi) is 5.03. The van der Waals surface area contributed by atoms with Crippen molar-refractivity contribution < 1.29 is 9.32 Å². The van der Waals surface area contributed by atoms with Gasteiger partial charge in [-0.3, -0.25) is 0 Å². The monoisotopic (exact) mass is 328 g/mol. The van der Waals surface area contributed by atoms with Crippen LogP contribution in [0.5, 0.6) is 0 Å². The van der Waals surface area contributed by atoms with Crippen LogP contribution in [0.2, 0.25) is 0 Å². The number of piperidine rings is 1. The van der Waals surface area contributed by atoms with Crippen molar-refractivity contribution in [2.75, 3.05) is 18.8 Å². The van der Waals surface area contributed by atoms with Crippen LogP contribution in [-0.4, -0.2) is 29.2 Å². The topological polar surface area (TPSA) is 84.4 Å². The highest BCUT2D eigenvalue weighted by molar-refractivity contribution is 5.74. The summed E-state index contributed by atoms with van der Waals surface area (Å²) in [5, 5.41) is 7.12. The second-order valence-electron chi connectivity index (χ2n) is 6.17. The van der Waals surface area contributed by atoms with E-state index in [9.17, 15) is 4.79 Å². The van der Waals surface area contributed by atoms with Crippen LogP contribution in [0.1, 0.15) is 42.5 Å². The standard InChI is InChI=1S/C18H24N4O2/c1-2-15-16(21-24-17(15)19)14-8-10-22(11-9-14)18(23)20-12-13-6-4-3-5-7-13/h3-7,14H,2,8-12,19H2,1H3,(H,20,23). The number of nitrogens with zero attached hydrogens (tertiary/aromatic N) is 2. The van der Waals surface area contributed by atoms with Crippen molar-refractivity contribution in [3.63, 3.8) is 0 Å². The minimum atomic E-state index is -0.00677. The number of aromatic nitrogens is 1. The Balaban J connectivity index is 1.52. The summed E-state index contributed by atoms with van der Waals surface area (Å²) in [6.07, 6.45) is 2.60. The third-order valence-corrected chi connectivity index (χ3v) is 4.66. The summed E-state index contributed by atoms with van der Waals surface area (Å²) in [6, 6.07) is 9.93. The fraction of sp³-hybridized carbons (Fsp3) is 0.444. The second-order valence-corrected chi connectivity index (χ2v) is 6.17. The average Bonchev–Trinajstić information content (AvgIpc) is 3.01. The van der Waals surface area contributed by atoms with Gasteiger partial charge in [-0.05, 0) is 24.8 Å². The maximum Gasteiger partial charge on any atom is 0.317 e. The van der Waals surface area contributed by atoms with Crippen molar-refractivity contribution >= 4 is 11.9 Å². The highest BCUT2D eigenvalue weighted by Crippen LogP contribution is 2.32. The lowest BCUT2D eigenvalue weighted by Crippen LogP contribution is -2.43. The van der Waals surface area contributed by atoms with E-state index in [0.717, 1.165) is 49.2 Å². The normalized spacial score (nSPS) is 15.5. The summed E-state index contributed by atoms with van der Waals surface area (Å²) in [7, 11) is 0. The Morgan fingerprint density at radius 1 is 1.33 bits per heavy atom. The number of nitrogens with one attached hydrogen (secondary N) is 1. The number of anilines is 1. The summed E-state index contributed by atoms with van der Waals surface area (Å²) in [5.41, 5.74) is 8.92. The Hall–Kier alpha value is -2.50. The highest BCUT2D eigenvalue weighted by Gasteiger charge is 2.28. The van der Waals surface area contributed by atoms with Gasteiger partial charge in [-0.2, -0.15) is 0 Å². The summed E-state index contributed by atoms with van der Waals surface area (Å²) < 4.78 is 5.14. The van der Waals surface area contributed by atoms with Crippen LogP contribution >= 0.6 is 0 Å². The fourth-order valence-corrected chi connectivity index (χ4v) is 3.25. The van der Waals surface area contributed by atoms with Crippen LogP contribution < -0.4 is 11.1 Å². The number of amides is 2. The molecule has 0 spiro atoms. The predicted molar refractivity (Wildman–Crippen MR) is 92.5 cm³/mol. The van der Waals surface area contributed by atoms with Crippen molar-refractivity contribution in [1.82, 2.24) is 15.4 Å². The largest absolute Gasteiger partial charge is 0.367 e. The third kappa shape index (κ3) is 3.53. The number of likely N-dealkylation sites (tertiary alicyclic amines) is 1. The smallest absolute Gasteiger partial charge is 0.317 e. The summed E-state index contributed by atoms with van der Waals surface area (Å²) >= 11 is 0. The fourth-order valence-electron chi connectivity index (χ4n) is 3.25. The molecule has 0 unspecified atom stereocenters. The van der Waals surface area contributed by atoms with Crippen molar-refractivity contribution in [2.45, 2.75) is 38.6 Å². The molecule has 1 aliphatic rings. The molecule has 0 bridgehead atoms. The third-order valence-electron chi connectivity index (χ3n) is 4.66. The molecule has 6 heteroatoms. The van der Waals surface area contributed by atoms with E-state index in [4.69, 9.17) is 10.3 Å². The Bertz CT molecular complexity index is 676. The first-order valence-electron chi connectivity index (χ1n) is 8.49. The molecule has 0 atom stereocenters. The minimum Gasteiger partial charge on any atom is -0.367 e. The van der Waals surface area contributed by atoms with Crippen LogP contribution in [0.15, 0.2) is 34.9 Å². The zero-order valence-corrected chi connectivity index (χ0v) is 14.0. The van der Waals surface area contributed by atoms with Gasteiger partial charge in [0.1, 0.15) is 0 Å². The van der Waals surface area contributed by atoms with E-state index in [1.54, 1.807) is 0 Å². The number of rotatable bonds is 4. The van der Waals surface area contributed by atoms with Crippen LogP contribution in [-0.2, 0) is 13.0 Å². The van der Waals surface area contributed by atoms with Gasteiger partial charge in [-0.25, -0.2) is 4.79 Å². The van der Waals surface area contributed by atoms with Gasteiger partial charge in [0.2, 0.25) is 5.88 Å². The lowest BCUT2D eigenvalue weighted by atomic mass is 9.90. The SMILES string of the molecule is CCc1c(C2CCN(C(=O)NCc3ccccc3)CC2)noc1N. The van der Waals surface area contributed by atoms with E-state index in [0.29, 0.717) is 18.3 Å². The maximum atomic E-state index is 12.3. The van der Waals surface area contributed by atoms with Crippen LogP contribution in [0.3, 0.4) is 0 Å². The summed E-state index contributed by atoms with van der Waals surface area (Å²) in [6.45, 7) is 4.06. The molecule has 0 radical (unpaired) electrons. The molecule has 3 N–H and O–H groups in total. The number of benzene rings is 1. The van der Waals surface area contributed by atoms with Gasteiger partial charge in [-0.1, -0.05) is 42.4 Å². The predicted octanol–water partition coefficient (Wildman–Crippen LogP) is 2.91. The molecule has 2 heterocycles. The first kappa shape index (κ1) is 16.4. The molecular formula is C18H24N4O2.